The monoisotopic (exact) mass is 325 g/mol. The first-order valence-corrected chi connectivity index (χ1v) is 7.42. The molecular formula is C12H14F3NO4S. The molecule has 0 spiro atoms. The highest BCUT2D eigenvalue weighted by Crippen LogP contribution is 2.21. The van der Waals surface area contributed by atoms with Crippen molar-refractivity contribution < 1.29 is 31.5 Å². The molecule has 0 aliphatic rings. The smallest absolute Gasteiger partial charge is 0.321 e. The zero-order valence-electron chi connectivity index (χ0n) is 11.2. The van der Waals surface area contributed by atoms with Crippen LogP contribution < -0.4 is 4.72 Å². The number of nitrogens with one attached hydrogen (secondary N) is 1. The highest BCUT2D eigenvalue weighted by molar-refractivity contribution is 7.89. The van der Waals surface area contributed by atoms with Crippen LogP contribution in [0.4, 0.5) is 13.2 Å². The second kappa shape index (κ2) is 6.44. The molecule has 1 rings (SSSR count). The van der Waals surface area contributed by atoms with Crippen molar-refractivity contribution in [2.24, 2.45) is 5.92 Å². The van der Waals surface area contributed by atoms with Crippen LogP contribution >= 0.6 is 0 Å². The predicted octanol–water partition coefficient (Wildman–Crippen LogP) is 1.88. The minimum absolute atomic E-state index is 0.0704. The molecule has 1 atom stereocenters. The Labute approximate surface area is 119 Å². The molecule has 0 aliphatic heterocycles. The average molecular weight is 325 g/mol. The zero-order valence-corrected chi connectivity index (χ0v) is 12.0. The number of carboxylic acids is 1. The summed E-state index contributed by atoms with van der Waals surface area (Å²) in [5, 5.41) is 8.94. The van der Waals surface area contributed by atoms with Gasteiger partial charge in [-0.1, -0.05) is 13.8 Å². The highest BCUT2D eigenvalue weighted by Gasteiger charge is 2.31. The summed E-state index contributed by atoms with van der Waals surface area (Å²) >= 11 is 0. The summed E-state index contributed by atoms with van der Waals surface area (Å²) in [7, 11) is -4.78. The van der Waals surface area contributed by atoms with Gasteiger partial charge in [0, 0.05) is 12.1 Å². The van der Waals surface area contributed by atoms with Crippen molar-refractivity contribution in [1.82, 2.24) is 4.72 Å². The van der Waals surface area contributed by atoms with Gasteiger partial charge < -0.3 is 5.11 Å². The minimum atomic E-state index is -4.78. The van der Waals surface area contributed by atoms with E-state index in [-0.39, 0.29) is 24.5 Å². The molecule has 1 aromatic rings. The average Bonchev–Trinajstić information content (AvgIpc) is 2.24. The Balaban J connectivity index is 3.20. The number of rotatable bonds is 6. The van der Waals surface area contributed by atoms with Gasteiger partial charge in [0.05, 0.1) is 0 Å². The lowest BCUT2D eigenvalue weighted by Gasteiger charge is -2.17. The van der Waals surface area contributed by atoms with E-state index in [4.69, 9.17) is 5.11 Å². The van der Waals surface area contributed by atoms with Crippen LogP contribution in [-0.4, -0.2) is 25.5 Å². The minimum Gasteiger partial charge on any atom is -0.480 e. The molecule has 0 radical (unpaired) electrons. The van der Waals surface area contributed by atoms with Gasteiger partial charge in [-0.15, -0.1) is 0 Å². The van der Waals surface area contributed by atoms with Gasteiger partial charge in [0.2, 0.25) is 10.0 Å². The highest BCUT2D eigenvalue weighted by atomic mass is 32.2. The SMILES string of the molecule is CC(C)C[C@@H](NS(=O)(=O)c1c(F)cc(F)cc1F)C(=O)O. The molecule has 2 N–H and O–H groups in total. The zero-order chi connectivity index (χ0) is 16.4. The number of carboxylic acid groups (broad SMARTS) is 1. The predicted molar refractivity (Wildman–Crippen MR) is 67.5 cm³/mol. The maximum atomic E-state index is 13.5. The molecule has 0 unspecified atom stereocenters. The van der Waals surface area contributed by atoms with E-state index in [9.17, 15) is 26.4 Å². The van der Waals surface area contributed by atoms with Gasteiger partial charge in [-0.25, -0.2) is 21.6 Å². The Hall–Kier alpha value is -1.61. The first-order chi connectivity index (χ1) is 9.54. The fraction of sp³-hybridized carbons (Fsp3) is 0.417. The van der Waals surface area contributed by atoms with Crippen molar-refractivity contribution in [2.75, 3.05) is 0 Å². The first-order valence-electron chi connectivity index (χ1n) is 5.94. The maximum absolute atomic E-state index is 13.5. The first kappa shape index (κ1) is 17.4. The van der Waals surface area contributed by atoms with Crippen LogP contribution in [0.15, 0.2) is 17.0 Å². The van der Waals surface area contributed by atoms with Gasteiger partial charge in [-0.2, -0.15) is 4.72 Å². The Morgan fingerprint density at radius 3 is 2.10 bits per heavy atom. The normalized spacial score (nSPS) is 13.4. The van der Waals surface area contributed by atoms with Gasteiger partial charge in [0.1, 0.15) is 23.5 Å². The van der Waals surface area contributed by atoms with Crippen molar-refractivity contribution in [3.8, 4) is 0 Å². The lowest BCUT2D eigenvalue weighted by atomic mass is 10.1. The summed E-state index contributed by atoms with van der Waals surface area (Å²) in [4.78, 5) is 9.59. The number of sulfonamides is 1. The van der Waals surface area contributed by atoms with Gasteiger partial charge in [0.25, 0.3) is 0 Å². The molecule has 0 heterocycles. The molecule has 21 heavy (non-hydrogen) atoms. The van der Waals surface area contributed by atoms with Crippen molar-refractivity contribution in [1.29, 1.82) is 0 Å². The second-order valence-electron chi connectivity index (χ2n) is 4.84. The lowest BCUT2D eigenvalue weighted by Crippen LogP contribution is -2.42. The number of benzene rings is 1. The van der Waals surface area contributed by atoms with Crippen molar-refractivity contribution in [3.05, 3.63) is 29.6 Å². The Kier molecular flexibility index (Phi) is 5.35. The number of hydrogen-bond donors (Lipinski definition) is 2. The summed E-state index contributed by atoms with van der Waals surface area (Å²) in [5.74, 6) is -6.18. The summed E-state index contributed by atoms with van der Waals surface area (Å²) in [6.07, 6.45) is -0.0704. The van der Waals surface area contributed by atoms with Gasteiger partial charge in [-0.05, 0) is 12.3 Å². The van der Waals surface area contributed by atoms with E-state index in [1.54, 1.807) is 18.6 Å². The third-order valence-electron chi connectivity index (χ3n) is 2.53. The van der Waals surface area contributed by atoms with Gasteiger partial charge in [-0.3, -0.25) is 4.79 Å². The third kappa shape index (κ3) is 4.43. The molecule has 0 bridgehead atoms. The van der Waals surface area contributed by atoms with Crippen LogP contribution in [0.2, 0.25) is 0 Å². The summed E-state index contributed by atoms with van der Waals surface area (Å²) in [5.41, 5.74) is 0. The number of hydrogen-bond acceptors (Lipinski definition) is 3. The van der Waals surface area contributed by atoms with Crippen molar-refractivity contribution in [3.63, 3.8) is 0 Å². The molecule has 5 nitrogen and oxygen atoms in total. The topological polar surface area (TPSA) is 83.5 Å². The van der Waals surface area contributed by atoms with E-state index in [2.05, 4.69) is 0 Å². The van der Waals surface area contributed by atoms with Gasteiger partial charge in [0.15, 0.2) is 4.90 Å². The van der Waals surface area contributed by atoms with Crippen LogP contribution in [-0.2, 0) is 14.8 Å². The fourth-order valence-electron chi connectivity index (χ4n) is 1.70. The number of aliphatic carboxylic acids is 1. The van der Waals surface area contributed by atoms with Crippen molar-refractivity contribution in [2.45, 2.75) is 31.2 Å². The summed E-state index contributed by atoms with van der Waals surface area (Å²) < 4.78 is 65.2. The van der Waals surface area contributed by atoms with E-state index in [0.29, 0.717) is 0 Å². The summed E-state index contributed by atoms with van der Waals surface area (Å²) in [6, 6.07) is -1.13. The third-order valence-corrected chi connectivity index (χ3v) is 4.06. The Bertz CT molecular complexity index is 623. The van der Waals surface area contributed by atoms with Gasteiger partial charge >= 0.3 is 5.97 Å². The molecule has 0 aromatic heterocycles. The van der Waals surface area contributed by atoms with E-state index in [1.807, 2.05) is 0 Å². The molecule has 0 aliphatic carbocycles. The quantitative estimate of drug-likeness (QED) is 0.836. The Morgan fingerprint density at radius 2 is 1.71 bits per heavy atom. The fourth-order valence-corrected chi connectivity index (χ4v) is 3.02. The van der Waals surface area contributed by atoms with Crippen LogP contribution in [0.3, 0.4) is 0 Å². The number of halogens is 3. The van der Waals surface area contributed by atoms with Crippen LogP contribution in [0.5, 0.6) is 0 Å². The Morgan fingerprint density at radius 1 is 1.24 bits per heavy atom. The number of carbonyl (C=O) groups is 1. The van der Waals surface area contributed by atoms with E-state index < -0.39 is 44.4 Å². The molecule has 0 fully saturated rings. The molecular weight excluding hydrogens is 311 g/mol. The van der Waals surface area contributed by atoms with E-state index >= 15 is 0 Å². The van der Waals surface area contributed by atoms with Crippen molar-refractivity contribution >= 4 is 16.0 Å². The molecule has 9 heteroatoms. The largest absolute Gasteiger partial charge is 0.480 e. The second-order valence-corrected chi connectivity index (χ2v) is 6.49. The molecule has 1 aromatic carbocycles. The molecule has 118 valence electrons. The molecule has 0 amide bonds. The van der Waals surface area contributed by atoms with Crippen LogP contribution in [0.1, 0.15) is 20.3 Å². The lowest BCUT2D eigenvalue weighted by molar-refractivity contribution is -0.139. The van der Waals surface area contributed by atoms with E-state index in [1.165, 1.54) is 0 Å². The van der Waals surface area contributed by atoms with Crippen LogP contribution in [0, 0.1) is 23.4 Å². The standard InChI is InChI=1S/C12H14F3NO4S/c1-6(2)3-10(12(17)18)16-21(19,20)11-8(14)4-7(13)5-9(11)15/h4-6,10,16H,3H2,1-2H3,(H,17,18)/t10-/m1/s1. The van der Waals surface area contributed by atoms with E-state index in [0.717, 1.165) is 0 Å². The summed E-state index contributed by atoms with van der Waals surface area (Å²) in [6.45, 7) is 3.31. The maximum Gasteiger partial charge on any atom is 0.321 e. The molecule has 0 saturated heterocycles. The van der Waals surface area contributed by atoms with Crippen LogP contribution in [0.25, 0.3) is 0 Å². The molecule has 0 saturated carbocycles.